The maximum absolute atomic E-state index is 4.97. The van der Waals surface area contributed by atoms with Crippen LogP contribution in [-0.2, 0) is 11.3 Å². The number of hydrogen-bond acceptors (Lipinski definition) is 2. The standard InChI is InChI=1S/C12H16NO/c1-3-8-14-13-10-12-7-5-6-11(4-2)9-12/h5-7,9H,3-4,8H2,1-2H3. The summed E-state index contributed by atoms with van der Waals surface area (Å²) in [6.45, 7) is 4.83. The van der Waals surface area contributed by atoms with Crippen LogP contribution in [0.1, 0.15) is 31.4 Å². The second kappa shape index (κ2) is 6.19. The minimum Gasteiger partial charge on any atom is -0.395 e. The quantitative estimate of drug-likeness (QED) is 0.397. The van der Waals surface area contributed by atoms with Gasteiger partial charge in [0, 0.05) is 5.56 Å². The van der Waals surface area contributed by atoms with Crippen molar-refractivity contribution in [2.24, 2.45) is 5.16 Å². The van der Waals surface area contributed by atoms with Crippen molar-refractivity contribution >= 4 is 6.21 Å². The number of benzene rings is 1. The van der Waals surface area contributed by atoms with Gasteiger partial charge in [-0.15, -0.1) is 0 Å². The molecule has 0 unspecified atom stereocenters. The predicted octanol–water partition coefficient (Wildman–Crippen LogP) is 2.89. The van der Waals surface area contributed by atoms with E-state index in [9.17, 15) is 0 Å². The highest BCUT2D eigenvalue weighted by atomic mass is 16.6. The van der Waals surface area contributed by atoms with Crippen LogP contribution in [0.3, 0.4) is 0 Å². The second-order valence-corrected chi connectivity index (χ2v) is 3.09. The highest BCUT2D eigenvalue weighted by Gasteiger charge is 1.91. The molecule has 0 aliphatic carbocycles. The summed E-state index contributed by atoms with van der Waals surface area (Å²) in [5.74, 6) is 0. The highest BCUT2D eigenvalue weighted by Crippen LogP contribution is 2.03. The van der Waals surface area contributed by atoms with E-state index < -0.39 is 0 Å². The Morgan fingerprint density at radius 2 is 2.21 bits per heavy atom. The number of hydrogen-bond donors (Lipinski definition) is 0. The van der Waals surface area contributed by atoms with Crippen LogP contribution in [0.5, 0.6) is 0 Å². The first-order chi connectivity index (χ1) is 6.86. The Morgan fingerprint density at radius 1 is 1.36 bits per heavy atom. The second-order valence-electron chi connectivity index (χ2n) is 3.09. The SMILES string of the molecule is CCCO/N=[C]\c1cccc(CC)c1. The van der Waals surface area contributed by atoms with Crippen LogP contribution in [0.25, 0.3) is 0 Å². The van der Waals surface area contributed by atoms with Gasteiger partial charge in [-0.1, -0.05) is 37.2 Å². The van der Waals surface area contributed by atoms with Crippen LogP contribution < -0.4 is 0 Å². The Balaban J connectivity index is 2.53. The average molecular weight is 190 g/mol. The van der Waals surface area contributed by atoms with Crippen molar-refractivity contribution in [3.63, 3.8) is 0 Å². The fourth-order valence-corrected chi connectivity index (χ4v) is 1.08. The molecule has 2 heteroatoms. The minimum atomic E-state index is 0.653. The monoisotopic (exact) mass is 190 g/mol. The van der Waals surface area contributed by atoms with Gasteiger partial charge in [0.05, 0.1) is 0 Å². The van der Waals surface area contributed by atoms with Crippen LogP contribution >= 0.6 is 0 Å². The van der Waals surface area contributed by atoms with Gasteiger partial charge in [-0.05, 0) is 24.5 Å². The van der Waals surface area contributed by atoms with E-state index in [1.807, 2.05) is 19.1 Å². The summed E-state index contributed by atoms with van der Waals surface area (Å²) in [4.78, 5) is 4.97. The Hall–Kier alpha value is -1.31. The van der Waals surface area contributed by atoms with Gasteiger partial charge in [0.2, 0.25) is 0 Å². The molecule has 0 fully saturated rings. The van der Waals surface area contributed by atoms with Crippen LogP contribution in [-0.4, -0.2) is 12.8 Å². The fraction of sp³-hybridized carbons (Fsp3) is 0.417. The minimum absolute atomic E-state index is 0.653. The zero-order valence-corrected chi connectivity index (χ0v) is 8.79. The van der Waals surface area contributed by atoms with E-state index in [0.29, 0.717) is 6.61 Å². The molecule has 0 N–H and O–H groups in total. The van der Waals surface area contributed by atoms with Crippen LogP contribution in [0.2, 0.25) is 0 Å². The van der Waals surface area contributed by atoms with E-state index in [4.69, 9.17) is 4.84 Å². The third-order valence-electron chi connectivity index (χ3n) is 1.87. The molecule has 75 valence electrons. The van der Waals surface area contributed by atoms with Crippen LogP contribution in [0.15, 0.2) is 29.4 Å². The van der Waals surface area contributed by atoms with Gasteiger partial charge in [-0.2, -0.15) is 0 Å². The summed E-state index contributed by atoms with van der Waals surface area (Å²) >= 11 is 0. The molecule has 1 radical (unpaired) electrons. The first-order valence-corrected chi connectivity index (χ1v) is 5.03. The lowest BCUT2D eigenvalue weighted by Crippen LogP contribution is -1.88. The lowest BCUT2D eigenvalue weighted by atomic mass is 10.1. The first kappa shape index (κ1) is 10.8. The molecule has 0 aromatic heterocycles. The molecule has 1 aromatic rings. The largest absolute Gasteiger partial charge is 0.395 e. The van der Waals surface area contributed by atoms with Crippen molar-refractivity contribution < 1.29 is 4.84 Å². The van der Waals surface area contributed by atoms with Crippen molar-refractivity contribution in [3.05, 3.63) is 35.4 Å². The van der Waals surface area contributed by atoms with Gasteiger partial charge < -0.3 is 4.84 Å². The Morgan fingerprint density at radius 3 is 2.93 bits per heavy atom. The highest BCUT2D eigenvalue weighted by molar-refractivity contribution is 5.79. The zero-order chi connectivity index (χ0) is 10.2. The molecule has 0 atom stereocenters. The molecule has 14 heavy (non-hydrogen) atoms. The van der Waals surface area contributed by atoms with Crippen molar-refractivity contribution in [2.75, 3.05) is 6.61 Å². The summed E-state index contributed by atoms with van der Waals surface area (Å²) in [5, 5.41) is 3.76. The molecule has 0 heterocycles. The average Bonchev–Trinajstić information content (AvgIpc) is 2.25. The van der Waals surface area contributed by atoms with Crippen molar-refractivity contribution in [1.29, 1.82) is 0 Å². The summed E-state index contributed by atoms with van der Waals surface area (Å²) in [5.41, 5.74) is 2.26. The van der Waals surface area contributed by atoms with E-state index in [1.54, 1.807) is 0 Å². The van der Waals surface area contributed by atoms with E-state index in [0.717, 1.165) is 18.4 Å². The molecule has 0 amide bonds. The summed E-state index contributed by atoms with van der Waals surface area (Å²) in [6, 6.07) is 8.14. The Bertz CT molecular complexity index is 294. The third-order valence-corrected chi connectivity index (χ3v) is 1.87. The molecular weight excluding hydrogens is 174 g/mol. The molecule has 0 saturated heterocycles. The van der Waals surface area contributed by atoms with Gasteiger partial charge in [0.25, 0.3) is 0 Å². The topological polar surface area (TPSA) is 21.6 Å². The number of rotatable bonds is 5. The lowest BCUT2D eigenvalue weighted by Gasteiger charge is -1.97. The van der Waals surface area contributed by atoms with Gasteiger partial charge in [0.1, 0.15) is 12.8 Å². The molecule has 0 aliphatic rings. The molecule has 1 rings (SSSR count). The van der Waals surface area contributed by atoms with Gasteiger partial charge in [-0.25, -0.2) is 0 Å². The smallest absolute Gasteiger partial charge is 0.139 e. The first-order valence-electron chi connectivity index (χ1n) is 5.03. The summed E-state index contributed by atoms with van der Waals surface area (Å²) < 4.78 is 0. The maximum Gasteiger partial charge on any atom is 0.139 e. The molecule has 0 bridgehead atoms. The zero-order valence-electron chi connectivity index (χ0n) is 8.79. The van der Waals surface area contributed by atoms with Crippen LogP contribution in [0, 0.1) is 0 Å². The Kier molecular flexibility index (Phi) is 4.76. The number of aryl methyl sites for hydroxylation is 1. The third kappa shape index (κ3) is 3.60. The molecule has 0 saturated carbocycles. The van der Waals surface area contributed by atoms with Gasteiger partial charge >= 0.3 is 0 Å². The molecule has 2 nitrogen and oxygen atoms in total. The molecule has 0 aliphatic heterocycles. The van der Waals surface area contributed by atoms with E-state index >= 15 is 0 Å². The Labute approximate surface area is 85.6 Å². The molecule has 0 spiro atoms. The van der Waals surface area contributed by atoms with E-state index in [-0.39, 0.29) is 0 Å². The van der Waals surface area contributed by atoms with Crippen molar-refractivity contribution in [2.45, 2.75) is 26.7 Å². The summed E-state index contributed by atoms with van der Waals surface area (Å²) in [7, 11) is 0. The number of nitrogens with zero attached hydrogens (tertiary/aromatic N) is 1. The van der Waals surface area contributed by atoms with E-state index in [1.165, 1.54) is 5.56 Å². The lowest BCUT2D eigenvalue weighted by molar-refractivity contribution is 0.146. The van der Waals surface area contributed by atoms with Crippen molar-refractivity contribution in [1.82, 2.24) is 0 Å². The van der Waals surface area contributed by atoms with Gasteiger partial charge in [0.15, 0.2) is 0 Å². The predicted molar refractivity (Wildman–Crippen MR) is 58.6 cm³/mol. The fourth-order valence-electron chi connectivity index (χ4n) is 1.08. The van der Waals surface area contributed by atoms with Crippen molar-refractivity contribution in [3.8, 4) is 0 Å². The van der Waals surface area contributed by atoms with E-state index in [2.05, 4.69) is 30.4 Å². The van der Waals surface area contributed by atoms with Crippen LogP contribution in [0.4, 0.5) is 0 Å². The normalized spacial score (nSPS) is 10.7. The molecule has 1 aromatic carbocycles. The molecular formula is C12H16NO. The maximum atomic E-state index is 4.97. The summed E-state index contributed by atoms with van der Waals surface area (Å²) in [6.07, 6.45) is 4.86. The van der Waals surface area contributed by atoms with Gasteiger partial charge in [-0.3, -0.25) is 0 Å².